The van der Waals surface area contributed by atoms with E-state index in [0.717, 1.165) is 6.07 Å². The molecule has 1 rings (SSSR count). The molecule has 0 aromatic heterocycles. The van der Waals surface area contributed by atoms with Crippen molar-refractivity contribution >= 4 is 11.6 Å². The summed E-state index contributed by atoms with van der Waals surface area (Å²) in [5.74, 6) is -2.47. The van der Waals surface area contributed by atoms with Crippen molar-refractivity contribution in [3.05, 3.63) is 23.8 Å². The lowest BCUT2D eigenvalue weighted by atomic mass is 10.2. The molecule has 1 amide bonds. The Labute approximate surface area is 91.4 Å². The number of methoxy groups -OCH3 is 1. The Kier molecular flexibility index (Phi) is 3.78. The zero-order chi connectivity index (χ0) is 12.3. The highest BCUT2D eigenvalue weighted by Gasteiger charge is 2.15. The molecular weight excluding hydrogens is 218 g/mol. The third-order valence-electron chi connectivity index (χ3n) is 1.88. The maximum Gasteiger partial charge on any atom is 0.241 e. The van der Waals surface area contributed by atoms with E-state index in [9.17, 15) is 13.6 Å². The van der Waals surface area contributed by atoms with Gasteiger partial charge < -0.3 is 15.8 Å². The lowest BCUT2D eigenvalue weighted by Crippen LogP contribution is -2.32. The number of nitrogens with two attached hydrogens (primary N) is 1. The largest absolute Gasteiger partial charge is 0.492 e. The third kappa shape index (κ3) is 2.66. The smallest absolute Gasteiger partial charge is 0.241 e. The number of carbonyl (C=O) groups excluding carboxylic acids is 1. The maximum atomic E-state index is 13.2. The van der Waals surface area contributed by atoms with E-state index in [4.69, 9.17) is 10.5 Å². The molecule has 3 N–H and O–H groups in total. The Balaban J connectivity index is 3.07. The summed E-state index contributed by atoms with van der Waals surface area (Å²) < 4.78 is 30.8. The number of ether oxygens (including phenoxy) is 1. The minimum absolute atomic E-state index is 0.0812. The summed E-state index contributed by atoms with van der Waals surface area (Å²) in [5, 5.41) is 2.27. The Hall–Kier alpha value is -1.69. The summed E-state index contributed by atoms with van der Waals surface area (Å²) in [6.45, 7) is 1.46. The lowest BCUT2D eigenvalue weighted by molar-refractivity contribution is -0.117. The van der Waals surface area contributed by atoms with Crippen LogP contribution < -0.4 is 15.8 Å². The zero-order valence-electron chi connectivity index (χ0n) is 8.88. The van der Waals surface area contributed by atoms with Gasteiger partial charge in [-0.25, -0.2) is 8.78 Å². The van der Waals surface area contributed by atoms with Crippen molar-refractivity contribution in [3.63, 3.8) is 0 Å². The predicted molar refractivity (Wildman–Crippen MR) is 55.2 cm³/mol. The molecule has 0 radical (unpaired) electrons. The van der Waals surface area contributed by atoms with Crippen LogP contribution in [-0.2, 0) is 4.79 Å². The molecule has 0 aliphatic heterocycles. The Morgan fingerprint density at radius 2 is 2.12 bits per heavy atom. The van der Waals surface area contributed by atoms with Crippen molar-refractivity contribution in [1.29, 1.82) is 0 Å². The van der Waals surface area contributed by atoms with Crippen LogP contribution in [0.2, 0.25) is 0 Å². The fourth-order valence-corrected chi connectivity index (χ4v) is 1.11. The van der Waals surface area contributed by atoms with Gasteiger partial charge in [0.1, 0.15) is 5.82 Å². The van der Waals surface area contributed by atoms with Crippen molar-refractivity contribution < 1.29 is 18.3 Å². The number of hydrogen-bond acceptors (Lipinski definition) is 3. The number of amides is 1. The minimum Gasteiger partial charge on any atom is -0.492 e. The van der Waals surface area contributed by atoms with E-state index < -0.39 is 23.6 Å². The molecule has 0 unspecified atom stereocenters. The second-order valence-electron chi connectivity index (χ2n) is 3.25. The van der Waals surface area contributed by atoms with Crippen LogP contribution in [0.15, 0.2) is 12.1 Å². The summed E-state index contributed by atoms with van der Waals surface area (Å²) >= 11 is 0. The van der Waals surface area contributed by atoms with Crippen LogP contribution in [0.25, 0.3) is 0 Å². The van der Waals surface area contributed by atoms with Gasteiger partial charge in [-0.2, -0.15) is 0 Å². The van der Waals surface area contributed by atoms with E-state index in [0.29, 0.717) is 6.07 Å². The van der Waals surface area contributed by atoms with Gasteiger partial charge in [0.25, 0.3) is 0 Å². The van der Waals surface area contributed by atoms with Crippen LogP contribution in [0.4, 0.5) is 14.5 Å². The highest BCUT2D eigenvalue weighted by Crippen LogP contribution is 2.28. The molecule has 0 fully saturated rings. The molecule has 0 aliphatic carbocycles. The van der Waals surface area contributed by atoms with E-state index >= 15 is 0 Å². The second kappa shape index (κ2) is 4.89. The summed E-state index contributed by atoms with van der Waals surface area (Å²) in [6, 6.07) is 0.846. The van der Waals surface area contributed by atoms with Gasteiger partial charge in [0.2, 0.25) is 5.91 Å². The second-order valence-corrected chi connectivity index (χ2v) is 3.25. The van der Waals surface area contributed by atoms with Gasteiger partial charge in [-0.1, -0.05) is 0 Å². The molecule has 4 nitrogen and oxygen atoms in total. The first-order valence-electron chi connectivity index (χ1n) is 4.55. The molecule has 0 bridgehead atoms. The minimum atomic E-state index is -0.887. The normalized spacial score (nSPS) is 12.1. The summed E-state index contributed by atoms with van der Waals surface area (Å²) in [7, 11) is 1.22. The summed E-state index contributed by atoms with van der Waals surface area (Å²) in [5.41, 5.74) is 5.23. The summed E-state index contributed by atoms with van der Waals surface area (Å²) in [4.78, 5) is 11.3. The standard InChI is InChI=1S/C10H12F2N2O2/c1-5(13)10(15)14-8-4-6(11)3-7(12)9(8)16-2/h3-5H,13H2,1-2H3,(H,14,15)/t5-/m1/s1. The molecule has 0 saturated heterocycles. The van der Waals surface area contributed by atoms with E-state index in [1.165, 1.54) is 14.0 Å². The average Bonchev–Trinajstić information content (AvgIpc) is 2.16. The summed E-state index contributed by atoms with van der Waals surface area (Å²) in [6.07, 6.45) is 0. The molecule has 6 heteroatoms. The number of nitrogens with one attached hydrogen (secondary N) is 1. The fraction of sp³-hybridized carbons (Fsp3) is 0.300. The van der Waals surface area contributed by atoms with E-state index in [2.05, 4.69) is 5.32 Å². The van der Waals surface area contributed by atoms with Crippen LogP contribution in [0.5, 0.6) is 5.75 Å². The first kappa shape index (κ1) is 12.4. The van der Waals surface area contributed by atoms with Gasteiger partial charge in [-0.15, -0.1) is 0 Å². The van der Waals surface area contributed by atoms with E-state index in [1.54, 1.807) is 0 Å². The Bertz CT molecular complexity index is 408. The van der Waals surface area contributed by atoms with Gasteiger partial charge in [0.05, 0.1) is 18.8 Å². The molecule has 0 spiro atoms. The number of rotatable bonds is 3. The first-order chi connectivity index (χ1) is 7.45. The van der Waals surface area contributed by atoms with Crippen LogP contribution in [0, 0.1) is 11.6 Å². The monoisotopic (exact) mass is 230 g/mol. The first-order valence-corrected chi connectivity index (χ1v) is 4.55. The average molecular weight is 230 g/mol. The highest BCUT2D eigenvalue weighted by molar-refractivity contribution is 5.95. The van der Waals surface area contributed by atoms with Crippen LogP contribution >= 0.6 is 0 Å². The van der Waals surface area contributed by atoms with E-state index in [-0.39, 0.29) is 11.4 Å². The van der Waals surface area contributed by atoms with Crippen molar-refractivity contribution in [1.82, 2.24) is 0 Å². The lowest BCUT2D eigenvalue weighted by Gasteiger charge is -2.12. The van der Waals surface area contributed by atoms with Gasteiger partial charge >= 0.3 is 0 Å². The van der Waals surface area contributed by atoms with Gasteiger partial charge in [-0.05, 0) is 6.92 Å². The van der Waals surface area contributed by atoms with Crippen LogP contribution in [0.1, 0.15) is 6.92 Å². The predicted octanol–water partition coefficient (Wildman–Crippen LogP) is 1.26. The van der Waals surface area contributed by atoms with Crippen molar-refractivity contribution in [2.45, 2.75) is 13.0 Å². The van der Waals surface area contributed by atoms with Gasteiger partial charge in [0.15, 0.2) is 11.6 Å². The molecule has 1 aromatic carbocycles. The van der Waals surface area contributed by atoms with Gasteiger partial charge in [0, 0.05) is 12.1 Å². The van der Waals surface area contributed by atoms with Crippen molar-refractivity contribution in [2.75, 3.05) is 12.4 Å². The SMILES string of the molecule is COc1c(F)cc(F)cc1NC(=O)[C@@H](C)N. The highest BCUT2D eigenvalue weighted by atomic mass is 19.1. The topological polar surface area (TPSA) is 64.3 Å². The molecule has 88 valence electrons. The third-order valence-corrected chi connectivity index (χ3v) is 1.88. The number of halogens is 2. The molecule has 0 heterocycles. The quantitative estimate of drug-likeness (QED) is 0.821. The molecule has 0 aliphatic rings. The Morgan fingerprint density at radius 3 is 2.62 bits per heavy atom. The number of hydrogen-bond donors (Lipinski definition) is 2. The Morgan fingerprint density at radius 1 is 1.50 bits per heavy atom. The number of benzene rings is 1. The molecule has 1 aromatic rings. The van der Waals surface area contributed by atoms with Crippen LogP contribution in [-0.4, -0.2) is 19.1 Å². The van der Waals surface area contributed by atoms with E-state index in [1.807, 2.05) is 0 Å². The fourth-order valence-electron chi connectivity index (χ4n) is 1.11. The number of carbonyl (C=O) groups is 1. The van der Waals surface area contributed by atoms with Crippen molar-refractivity contribution in [2.24, 2.45) is 5.73 Å². The van der Waals surface area contributed by atoms with Gasteiger partial charge in [-0.3, -0.25) is 4.79 Å². The molecule has 0 saturated carbocycles. The molecular formula is C10H12F2N2O2. The molecule has 16 heavy (non-hydrogen) atoms. The maximum absolute atomic E-state index is 13.2. The number of anilines is 1. The van der Waals surface area contributed by atoms with Crippen LogP contribution in [0.3, 0.4) is 0 Å². The zero-order valence-corrected chi connectivity index (χ0v) is 8.88. The van der Waals surface area contributed by atoms with Crippen molar-refractivity contribution in [3.8, 4) is 5.75 Å². The molecule has 1 atom stereocenters.